The van der Waals surface area contributed by atoms with Crippen LogP contribution in [0.1, 0.15) is 64.9 Å². The number of carbonyl (C=O) groups excluding carboxylic acids is 1. The minimum absolute atomic E-state index is 0.152. The standard InChI is InChI=1S/C28H41NO3/c1-6-7-10-24-21(2)29-19-9-8-11-27(29)28(3,32-5)26(18-20-30)25(24)17-14-22-12-15-23(31-4)16-13-22/h12-18,20-21,24-25,27H,6-11,19H2,1-5H3/b17-14+,26-18-/t21-,24?,25?,27?,28-/m0/s1. The molecule has 1 aromatic carbocycles. The van der Waals surface area contributed by atoms with Crippen LogP contribution in [0.5, 0.6) is 5.75 Å². The highest BCUT2D eigenvalue weighted by Gasteiger charge is 2.51. The third-order valence-corrected chi connectivity index (χ3v) is 7.89. The highest BCUT2D eigenvalue weighted by molar-refractivity contribution is 5.68. The van der Waals surface area contributed by atoms with Crippen LogP contribution in [0.15, 0.2) is 42.0 Å². The zero-order chi connectivity index (χ0) is 23.1. The average molecular weight is 440 g/mol. The van der Waals surface area contributed by atoms with Crippen molar-refractivity contribution in [3.63, 3.8) is 0 Å². The molecule has 2 heterocycles. The van der Waals surface area contributed by atoms with Crippen LogP contribution >= 0.6 is 0 Å². The number of nitrogens with zero attached hydrogens (tertiary/aromatic N) is 1. The zero-order valence-corrected chi connectivity index (χ0v) is 20.5. The van der Waals surface area contributed by atoms with E-state index >= 15 is 0 Å². The van der Waals surface area contributed by atoms with Gasteiger partial charge in [-0.2, -0.15) is 0 Å². The summed E-state index contributed by atoms with van der Waals surface area (Å²) < 4.78 is 11.6. The van der Waals surface area contributed by atoms with Gasteiger partial charge in [0.1, 0.15) is 17.6 Å². The van der Waals surface area contributed by atoms with Gasteiger partial charge < -0.3 is 9.47 Å². The van der Waals surface area contributed by atoms with E-state index in [1.54, 1.807) is 13.2 Å². The molecule has 0 N–H and O–H groups in total. The summed E-state index contributed by atoms with van der Waals surface area (Å²) in [4.78, 5) is 14.5. The molecule has 5 atom stereocenters. The summed E-state index contributed by atoms with van der Waals surface area (Å²) in [7, 11) is 3.50. The van der Waals surface area contributed by atoms with Crippen LogP contribution in [-0.2, 0) is 9.53 Å². The van der Waals surface area contributed by atoms with Crippen molar-refractivity contribution < 1.29 is 14.3 Å². The van der Waals surface area contributed by atoms with Gasteiger partial charge in [0.2, 0.25) is 0 Å². The van der Waals surface area contributed by atoms with E-state index in [2.05, 4.69) is 50.0 Å². The van der Waals surface area contributed by atoms with Crippen molar-refractivity contribution in [1.29, 1.82) is 0 Å². The molecule has 0 bridgehead atoms. The van der Waals surface area contributed by atoms with E-state index in [4.69, 9.17) is 9.47 Å². The number of methoxy groups -OCH3 is 2. The number of fused-ring (bicyclic) bond motifs is 1. The maximum absolute atomic E-state index is 11.9. The Morgan fingerprint density at radius 2 is 1.94 bits per heavy atom. The van der Waals surface area contributed by atoms with Crippen molar-refractivity contribution in [2.45, 2.75) is 77.0 Å². The summed E-state index contributed by atoms with van der Waals surface area (Å²) in [6.45, 7) is 7.96. The third-order valence-electron chi connectivity index (χ3n) is 7.89. The molecule has 0 amide bonds. The molecule has 3 rings (SSSR count). The van der Waals surface area contributed by atoms with E-state index in [1.807, 2.05) is 19.2 Å². The molecule has 4 nitrogen and oxygen atoms in total. The molecular formula is C28H41NO3. The number of carbonyl (C=O) groups is 1. The Kier molecular flexibility index (Phi) is 8.72. The summed E-state index contributed by atoms with van der Waals surface area (Å²) in [6, 6.07) is 8.88. The van der Waals surface area contributed by atoms with Gasteiger partial charge in [0.05, 0.1) is 7.11 Å². The highest BCUT2D eigenvalue weighted by atomic mass is 16.5. The van der Waals surface area contributed by atoms with Crippen LogP contribution in [0.2, 0.25) is 0 Å². The third kappa shape index (κ3) is 5.02. The van der Waals surface area contributed by atoms with E-state index in [1.165, 1.54) is 25.7 Å². The summed E-state index contributed by atoms with van der Waals surface area (Å²) >= 11 is 0. The number of allylic oxidation sites excluding steroid dienone is 2. The fourth-order valence-electron chi connectivity index (χ4n) is 5.97. The molecule has 3 unspecified atom stereocenters. The van der Waals surface area contributed by atoms with E-state index in [0.717, 1.165) is 42.6 Å². The summed E-state index contributed by atoms with van der Waals surface area (Å²) in [5.74, 6) is 1.45. The van der Waals surface area contributed by atoms with Crippen molar-refractivity contribution in [3.8, 4) is 5.75 Å². The number of hydrogen-bond acceptors (Lipinski definition) is 4. The van der Waals surface area contributed by atoms with Gasteiger partial charge in [0.15, 0.2) is 0 Å². The van der Waals surface area contributed by atoms with Gasteiger partial charge in [-0.15, -0.1) is 0 Å². The number of rotatable bonds is 8. The van der Waals surface area contributed by atoms with Crippen LogP contribution in [0.4, 0.5) is 0 Å². The first kappa shape index (κ1) is 24.7. The fraction of sp³-hybridized carbons (Fsp3) is 0.607. The van der Waals surface area contributed by atoms with E-state index in [0.29, 0.717) is 18.0 Å². The molecule has 0 radical (unpaired) electrons. The number of ether oxygens (including phenoxy) is 2. The van der Waals surface area contributed by atoms with Crippen molar-refractivity contribution >= 4 is 12.4 Å². The van der Waals surface area contributed by atoms with Gasteiger partial charge in [-0.05, 0) is 74.9 Å². The Hall–Kier alpha value is -1.91. The van der Waals surface area contributed by atoms with Crippen molar-refractivity contribution in [1.82, 2.24) is 4.90 Å². The Balaban J connectivity index is 2.09. The summed E-state index contributed by atoms with van der Waals surface area (Å²) in [6.07, 6.45) is 14.4. The highest BCUT2D eigenvalue weighted by Crippen LogP contribution is 2.47. The smallest absolute Gasteiger partial charge is 0.142 e. The lowest BCUT2D eigenvalue weighted by molar-refractivity contribution is -0.104. The molecular weight excluding hydrogens is 398 g/mol. The molecule has 0 aromatic heterocycles. The second kappa shape index (κ2) is 11.3. The largest absolute Gasteiger partial charge is 0.497 e. The molecule has 176 valence electrons. The number of benzene rings is 1. The van der Waals surface area contributed by atoms with Crippen LogP contribution in [-0.4, -0.2) is 49.6 Å². The summed E-state index contributed by atoms with van der Waals surface area (Å²) in [5, 5.41) is 0. The minimum Gasteiger partial charge on any atom is -0.497 e. The quantitative estimate of drug-likeness (QED) is 0.372. The first-order valence-electron chi connectivity index (χ1n) is 12.3. The lowest BCUT2D eigenvalue weighted by Crippen LogP contribution is -2.56. The second-order valence-electron chi connectivity index (χ2n) is 9.52. The van der Waals surface area contributed by atoms with Crippen LogP contribution in [0.3, 0.4) is 0 Å². The predicted molar refractivity (Wildman–Crippen MR) is 132 cm³/mol. The molecule has 4 heteroatoms. The van der Waals surface area contributed by atoms with Gasteiger partial charge in [-0.25, -0.2) is 0 Å². The molecule has 0 spiro atoms. The normalized spacial score (nSPS) is 32.6. The van der Waals surface area contributed by atoms with Crippen LogP contribution < -0.4 is 4.74 Å². The van der Waals surface area contributed by atoms with Gasteiger partial charge in [-0.3, -0.25) is 9.69 Å². The average Bonchev–Trinajstić information content (AvgIpc) is 2.90. The van der Waals surface area contributed by atoms with E-state index in [-0.39, 0.29) is 5.92 Å². The van der Waals surface area contributed by atoms with Gasteiger partial charge in [0.25, 0.3) is 0 Å². The molecule has 32 heavy (non-hydrogen) atoms. The van der Waals surface area contributed by atoms with E-state index in [9.17, 15) is 4.79 Å². The molecule has 2 saturated heterocycles. The maximum atomic E-state index is 11.9. The van der Waals surface area contributed by atoms with Crippen molar-refractivity contribution in [2.24, 2.45) is 11.8 Å². The number of unbranched alkanes of at least 4 members (excludes halogenated alkanes) is 1. The topological polar surface area (TPSA) is 38.8 Å². The second-order valence-corrected chi connectivity index (χ2v) is 9.52. The summed E-state index contributed by atoms with van der Waals surface area (Å²) in [5.41, 5.74) is 1.78. The SMILES string of the molecule is CCCCC1C(/C=C/c2ccc(OC)cc2)/C(=C/C=O)[C@](C)(OC)C2CCCCN2[C@H]1C. The van der Waals surface area contributed by atoms with Gasteiger partial charge >= 0.3 is 0 Å². The number of piperidine rings is 1. The minimum atomic E-state index is -0.481. The van der Waals surface area contributed by atoms with Crippen LogP contribution in [0, 0.1) is 11.8 Å². The number of aldehydes is 1. The first-order valence-corrected chi connectivity index (χ1v) is 12.3. The van der Waals surface area contributed by atoms with Gasteiger partial charge in [-0.1, -0.05) is 50.5 Å². The Morgan fingerprint density at radius 3 is 2.56 bits per heavy atom. The molecule has 0 saturated carbocycles. The zero-order valence-electron chi connectivity index (χ0n) is 20.5. The lowest BCUT2D eigenvalue weighted by atomic mass is 9.73. The monoisotopic (exact) mass is 439 g/mol. The first-order chi connectivity index (χ1) is 15.5. The van der Waals surface area contributed by atoms with Crippen molar-refractivity contribution in [2.75, 3.05) is 20.8 Å². The number of hydrogen-bond donors (Lipinski definition) is 0. The van der Waals surface area contributed by atoms with Crippen LogP contribution in [0.25, 0.3) is 6.08 Å². The molecule has 0 aliphatic carbocycles. The molecule has 2 fully saturated rings. The maximum Gasteiger partial charge on any atom is 0.142 e. The Morgan fingerprint density at radius 1 is 1.19 bits per heavy atom. The molecule has 2 aliphatic heterocycles. The predicted octanol–water partition coefficient (Wildman–Crippen LogP) is 5.92. The van der Waals surface area contributed by atoms with Gasteiger partial charge in [0, 0.05) is 25.1 Å². The molecule has 1 aromatic rings. The van der Waals surface area contributed by atoms with Crippen molar-refractivity contribution in [3.05, 3.63) is 47.6 Å². The fourth-order valence-corrected chi connectivity index (χ4v) is 5.97. The Labute approximate surface area is 194 Å². The Bertz CT molecular complexity index is 799. The lowest BCUT2D eigenvalue weighted by Gasteiger charge is -2.47. The van der Waals surface area contributed by atoms with E-state index < -0.39 is 5.60 Å². The molecule has 2 aliphatic rings.